The van der Waals surface area contributed by atoms with Gasteiger partial charge in [-0.25, -0.2) is 9.78 Å². The molecule has 5 heteroatoms. The summed E-state index contributed by atoms with van der Waals surface area (Å²) in [5, 5.41) is 0. The molecule has 0 unspecified atom stereocenters. The Morgan fingerprint density at radius 2 is 2.00 bits per heavy atom. The fourth-order valence-corrected chi connectivity index (χ4v) is 2.15. The summed E-state index contributed by atoms with van der Waals surface area (Å²) in [6.07, 6.45) is -0.328. The van der Waals surface area contributed by atoms with Crippen LogP contribution in [0, 0.1) is 6.92 Å². The first-order valence-electron chi connectivity index (χ1n) is 6.20. The summed E-state index contributed by atoms with van der Waals surface area (Å²) in [5.41, 5.74) is 1.45. The molecule has 0 fully saturated rings. The van der Waals surface area contributed by atoms with E-state index in [-0.39, 0.29) is 12.1 Å². The van der Waals surface area contributed by atoms with E-state index in [9.17, 15) is 4.79 Å². The van der Waals surface area contributed by atoms with Gasteiger partial charge in [-0.15, -0.1) is 0 Å². The molecule has 0 N–H and O–H groups in total. The summed E-state index contributed by atoms with van der Waals surface area (Å²) < 4.78 is 6.13. The number of aryl methyl sites for hydroxylation is 1. The van der Waals surface area contributed by atoms with E-state index in [1.165, 1.54) is 0 Å². The topological polar surface area (TPSA) is 42.4 Å². The second-order valence-corrected chi connectivity index (χ2v) is 6.44. The summed E-state index contributed by atoms with van der Waals surface area (Å²) in [6, 6.07) is 3.81. The van der Waals surface area contributed by atoms with Gasteiger partial charge >= 0.3 is 6.09 Å². The van der Waals surface area contributed by atoms with E-state index in [1.54, 1.807) is 11.9 Å². The molecule has 0 saturated heterocycles. The summed E-state index contributed by atoms with van der Waals surface area (Å²) in [4.78, 5) is 17.9. The maximum Gasteiger partial charge on any atom is 0.410 e. The minimum absolute atomic E-state index is 0.0761. The Morgan fingerprint density at radius 1 is 1.42 bits per heavy atom. The van der Waals surface area contributed by atoms with Crippen LogP contribution < -0.4 is 0 Å². The van der Waals surface area contributed by atoms with E-state index in [2.05, 4.69) is 20.9 Å². The van der Waals surface area contributed by atoms with Gasteiger partial charge in [-0.05, 0) is 68.2 Å². The van der Waals surface area contributed by atoms with Crippen molar-refractivity contribution in [2.45, 2.75) is 46.3 Å². The highest BCUT2D eigenvalue weighted by Gasteiger charge is 2.24. The van der Waals surface area contributed by atoms with Crippen molar-refractivity contribution in [1.82, 2.24) is 9.88 Å². The van der Waals surface area contributed by atoms with Gasteiger partial charge in [-0.3, -0.25) is 0 Å². The SMILES string of the molecule is Cc1cc([C@@H](C)N(C)C(=O)OC(C)(C)C)cc(Br)n1. The Labute approximate surface area is 123 Å². The molecule has 0 spiro atoms. The average Bonchev–Trinajstić information content (AvgIpc) is 2.23. The van der Waals surface area contributed by atoms with Crippen LogP contribution in [0.2, 0.25) is 0 Å². The monoisotopic (exact) mass is 328 g/mol. The number of hydrogen-bond acceptors (Lipinski definition) is 3. The van der Waals surface area contributed by atoms with E-state index < -0.39 is 5.60 Å². The van der Waals surface area contributed by atoms with Crippen molar-refractivity contribution in [3.8, 4) is 0 Å². The van der Waals surface area contributed by atoms with Crippen molar-refractivity contribution in [3.05, 3.63) is 28.0 Å². The highest BCUT2D eigenvalue weighted by molar-refractivity contribution is 9.10. The summed E-state index contributed by atoms with van der Waals surface area (Å²) in [6.45, 7) is 9.46. The van der Waals surface area contributed by atoms with Gasteiger partial charge in [0.1, 0.15) is 10.2 Å². The molecule has 1 atom stereocenters. The summed E-state index contributed by atoms with van der Waals surface area (Å²) in [7, 11) is 1.74. The number of amides is 1. The predicted octanol–water partition coefficient (Wildman–Crippen LogP) is 4.08. The van der Waals surface area contributed by atoms with Gasteiger partial charge < -0.3 is 9.64 Å². The second-order valence-electron chi connectivity index (χ2n) is 5.63. The fraction of sp³-hybridized carbons (Fsp3) is 0.571. The summed E-state index contributed by atoms with van der Waals surface area (Å²) in [5.74, 6) is 0. The molecule has 0 bridgehead atoms. The van der Waals surface area contributed by atoms with Gasteiger partial charge in [0.05, 0.1) is 6.04 Å². The summed E-state index contributed by atoms with van der Waals surface area (Å²) >= 11 is 3.37. The third kappa shape index (κ3) is 4.82. The van der Waals surface area contributed by atoms with E-state index in [0.29, 0.717) is 0 Å². The number of rotatable bonds is 2. The van der Waals surface area contributed by atoms with E-state index in [0.717, 1.165) is 15.9 Å². The number of carbonyl (C=O) groups is 1. The van der Waals surface area contributed by atoms with Crippen molar-refractivity contribution in [3.63, 3.8) is 0 Å². The van der Waals surface area contributed by atoms with Crippen molar-refractivity contribution >= 4 is 22.0 Å². The van der Waals surface area contributed by atoms with Crippen LogP contribution in [0.4, 0.5) is 4.79 Å². The highest BCUT2D eigenvalue weighted by atomic mass is 79.9. The van der Waals surface area contributed by atoms with Gasteiger partial charge in [0.15, 0.2) is 0 Å². The van der Waals surface area contributed by atoms with Crippen LogP contribution in [0.3, 0.4) is 0 Å². The Bertz CT molecular complexity index is 449. The van der Waals surface area contributed by atoms with Crippen molar-refractivity contribution in [2.75, 3.05) is 7.05 Å². The third-order valence-electron chi connectivity index (χ3n) is 2.69. The molecule has 1 aromatic heterocycles. The third-order valence-corrected chi connectivity index (χ3v) is 3.10. The van der Waals surface area contributed by atoms with E-state index in [1.807, 2.05) is 46.8 Å². The number of ether oxygens (including phenoxy) is 1. The van der Waals surface area contributed by atoms with Crippen LogP contribution in [-0.2, 0) is 4.74 Å². The van der Waals surface area contributed by atoms with Crippen LogP contribution in [0.15, 0.2) is 16.7 Å². The number of hydrogen-bond donors (Lipinski definition) is 0. The van der Waals surface area contributed by atoms with Gasteiger partial charge in [-0.1, -0.05) is 0 Å². The first-order valence-corrected chi connectivity index (χ1v) is 6.99. The second kappa shape index (κ2) is 5.90. The quantitative estimate of drug-likeness (QED) is 0.768. The van der Waals surface area contributed by atoms with Crippen LogP contribution in [0.1, 0.15) is 45.0 Å². The molecule has 4 nitrogen and oxygen atoms in total. The maximum atomic E-state index is 12.0. The van der Waals surface area contributed by atoms with E-state index in [4.69, 9.17) is 4.74 Å². The van der Waals surface area contributed by atoms with Gasteiger partial charge in [0.25, 0.3) is 0 Å². The molecular formula is C14H21BrN2O2. The molecule has 0 aliphatic carbocycles. The lowest BCUT2D eigenvalue weighted by atomic mass is 10.1. The number of nitrogens with zero attached hydrogens (tertiary/aromatic N) is 2. The van der Waals surface area contributed by atoms with Gasteiger partial charge in [0.2, 0.25) is 0 Å². The Kier molecular flexibility index (Phi) is 4.96. The van der Waals surface area contributed by atoms with Crippen LogP contribution in [-0.4, -0.2) is 28.6 Å². The molecule has 1 aromatic rings. The number of halogens is 1. The molecule has 106 valence electrons. The molecule has 0 saturated carbocycles. The van der Waals surface area contributed by atoms with Crippen LogP contribution >= 0.6 is 15.9 Å². The first kappa shape index (κ1) is 16.0. The lowest BCUT2D eigenvalue weighted by Gasteiger charge is -2.29. The van der Waals surface area contributed by atoms with Gasteiger partial charge in [0, 0.05) is 12.7 Å². The van der Waals surface area contributed by atoms with Crippen LogP contribution in [0.5, 0.6) is 0 Å². The molecule has 0 radical (unpaired) electrons. The normalized spacial score (nSPS) is 13.0. The predicted molar refractivity (Wildman–Crippen MR) is 79.1 cm³/mol. The number of aromatic nitrogens is 1. The molecule has 1 amide bonds. The molecule has 19 heavy (non-hydrogen) atoms. The number of carbonyl (C=O) groups excluding carboxylic acids is 1. The molecular weight excluding hydrogens is 308 g/mol. The Hall–Kier alpha value is -1.10. The zero-order valence-electron chi connectivity index (χ0n) is 12.3. The minimum atomic E-state index is -0.486. The van der Waals surface area contributed by atoms with Crippen LogP contribution in [0.25, 0.3) is 0 Å². The smallest absolute Gasteiger partial charge is 0.410 e. The van der Waals surface area contributed by atoms with Crippen molar-refractivity contribution < 1.29 is 9.53 Å². The Balaban J connectivity index is 2.87. The lowest BCUT2D eigenvalue weighted by Crippen LogP contribution is -2.35. The first-order chi connectivity index (χ1) is 8.60. The molecule has 0 aromatic carbocycles. The van der Waals surface area contributed by atoms with Gasteiger partial charge in [-0.2, -0.15) is 0 Å². The molecule has 1 rings (SSSR count). The van der Waals surface area contributed by atoms with E-state index >= 15 is 0 Å². The average molecular weight is 329 g/mol. The highest BCUT2D eigenvalue weighted by Crippen LogP contribution is 2.23. The standard InChI is InChI=1S/C14H21BrN2O2/c1-9-7-11(8-12(15)16-9)10(2)17(6)13(18)19-14(3,4)5/h7-8,10H,1-6H3/t10-/m1/s1. The van der Waals surface area contributed by atoms with Crippen molar-refractivity contribution in [2.24, 2.45) is 0 Å². The fourth-order valence-electron chi connectivity index (χ4n) is 1.61. The minimum Gasteiger partial charge on any atom is -0.444 e. The maximum absolute atomic E-state index is 12.0. The number of pyridine rings is 1. The molecule has 1 heterocycles. The molecule has 0 aliphatic heterocycles. The largest absolute Gasteiger partial charge is 0.444 e. The zero-order valence-corrected chi connectivity index (χ0v) is 13.9. The van der Waals surface area contributed by atoms with Crippen molar-refractivity contribution in [1.29, 1.82) is 0 Å². The Morgan fingerprint density at radius 3 is 2.47 bits per heavy atom. The zero-order chi connectivity index (χ0) is 14.8. The lowest BCUT2D eigenvalue weighted by molar-refractivity contribution is 0.0233. The molecule has 0 aliphatic rings.